The fourth-order valence-corrected chi connectivity index (χ4v) is 3.59. The zero-order chi connectivity index (χ0) is 12.5. The molecular weight excluding hydrogens is 248 g/mol. The number of nitrogens with zero attached hydrogens (tertiary/aromatic N) is 1. The van der Waals surface area contributed by atoms with Crippen LogP contribution in [0.5, 0.6) is 0 Å². The summed E-state index contributed by atoms with van der Waals surface area (Å²) in [6.45, 7) is 2.07. The molecule has 1 heterocycles. The van der Waals surface area contributed by atoms with Gasteiger partial charge in [0.2, 0.25) is 0 Å². The number of H-pyrrole nitrogens is 1. The van der Waals surface area contributed by atoms with Gasteiger partial charge in [-0.15, -0.1) is 23.5 Å². The van der Waals surface area contributed by atoms with E-state index in [0.717, 1.165) is 16.5 Å². The quantitative estimate of drug-likeness (QED) is 0.853. The van der Waals surface area contributed by atoms with Gasteiger partial charge in [0.15, 0.2) is 4.08 Å². The van der Waals surface area contributed by atoms with Gasteiger partial charge in [-0.2, -0.15) is 5.26 Å². The standard InChI is InChI=1S/C13H14N2S2/c1-9-4-5-12-10(6-9)11(7-15-12)13(8-14,16-2)17-3/h4-7,15H,1-3H3. The van der Waals surface area contributed by atoms with E-state index in [9.17, 15) is 5.26 Å². The van der Waals surface area contributed by atoms with E-state index >= 15 is 0 Å². The summed E-state index contributed by atoms with van der Waals surface area (Å²) in [6.07, 6.45) is 5.92. The summed E-state index contributed by atoms with van der Waals surface area (Å²) in [5.41, 5.74) is 3.37. The number of thioether (sulfide) groups is 2. The number of nitrogens with one attached hydrogen (secondary N) is 1. The third-order valence-electron chi connectivity index (χ3n) is 2.91. The molecule has 0 aliphatic rings. The average Bonchev–Trinajstić information content (AvgIpc) is 2.76. The highest BCUT2D eigenvalue weighted by atomic mass is 32.2. The summed E-state index contributed by atoms with van der Waals surface area (Å²) in [5.74, 6) is 0. The van der Waals surface area contributed by atoms with Gasteiger partial charge in [0.25, 0.3) is 0 Å². The van der Waals surface area contributed by atoms with E-state index in [4.69, 9.17) is 0 Å². The molecule has 2 aromatic rings. The van der Waals surface area contributed by atoms with E-state index in [1.807, 2.05) is 18.7 Å². The Morgan fingerprint density at radius 2 is 2.00 bits per heavy atom. The van der Waals surface area contributed by atoms with Crippen molar-refractivity contribution < 1.29 is 0 Å². The summed E-state index contributed by atoms with van der Waals surface area (Å²) >= 11 is 3.16. The van der Waals surface area contributed by atoms with Crippen molar-refractivity contribution in [3.8, 4) is 6.07 Å². The van der Waals surface area contributed by atoms with Gasteiger partial charge in [0, 0.05) is 22.7 Å². The lowest BCUT2D eigenvalue weighted by Crippen LogP contribution is -2.13. The van der Waals surface area contributed by atoms with Crippen molar-refractivity contribution >= 4 is 34.4 Å². The first kappa shape index (κ1) is 12.4. The normalized spacial score (nSPS) is 11.6. The van der Waals surface area contributed by atoms with E-state index in [-0.39, 0.29) is 0 Å². The molecular formula is C13H14N2S2. The first-order valence-corrected chi connectivity index (χ1v) is 7.71. The molecule has 0 fully saturated rings. The molecule has 0 unspecified atom stereocenters. The van der Waals surface area contributed by atoms with E-state index in [1.54, 1.807) is 23.5 Å². The molecule has 17 heavy (non-hydrogen) atoms. The van der Waals surface area contributed by atoms with Crippen molar-refractivity contribution in [2.24, 2.45) is 0 Å². The molecule has 2 nitrogen and oxygen atoms in total. The Morgan fingerprint density at radius 1 is 1.29 bits per heavy atom. The third kappa shape index (κ3) is 1.94. The minimum atomic E-state index is -0.522. The van der Waals surface area contributed by atoms with Gasteiger partial charge in [-0.25, -0.2) is 0 Å². The van der Waals surface area contributed by atoms with Gasteiger partial charge in [0.1, 0.15) is 0 Å². The monoisotopic (exact) mass is 262 g/mol. The second-order valence-electron chi connectivity index (χ2n) is 3.89. The first-order valence-electron chi connectivity index (χ1n) is 5.26. The maximum absolute atomic E-state index is 9.47. The Balaban J connectivity index is 2.70. The van der Waals surface area contributed by atoms with Crippen LogP contribution in [-0.2, 0) is 4.08 Å². The van der Waals surface area contributed by atoms with E-state index < -0.39 is 4.08 Å². The Labute approximate surface area is 110 Å². The highest BCUT2D eigenvalue weighted by Crippen LogP contribution is 2.46. The average molecular weight is 262 g/mol. The van der Waals surface area contributed by atoms with Crippen LogP contribution in [0.25, 0.3) is 10.9 Å². The number of rotatable bonds is 3. The maximum Gasteiger partial charge on any atom is 0.175 e. The summed E-state index contributed by atoms with van der Waals surface area (Å²) < 4.78 is -0.522. The molecule has 1 aromatic carbocycles. The van der Waals surface area contributed by atoms with Crippen LogP contribution in [0.2, 0.25) is 0 Å². The van der Waals surface area contributed by atoms with Crippen LogP contribution in [0.4, 0.5) is 0 Å². The van der Waals surface area contributed by atoms with Gasteiger partial charge in [-0.1, -0.05) is 11.6 Å². The summed E-state index contributed by atoms with van der Waals surface area (Å²) in [5, 5.41) is 10.6. The summed E-state index contributed by atoms with van der Waals surface area (Å²) in [7, 11) is 0. The maximum atomic E-state index is 9.47. The van der Waals surface area contributed by atoms with E-state index in [1.165, 1.54) is 5.56 Å². The highest BCUT2D eigenvalue weighted by Gasteiger charge is 2.32. The lowest BCUT2D eigenvalue weighted by atomic mass is 10.1. The van der Waals surface area contributed by atoms with E-state index in [0.29, 0.717) is 0 Å². The predicted octanol–water partition coefficient (Wildman–Crippen LogP) is 3.88. The largest absolute Gasteiger partial charge is 0.361 e. The molecule has 2 rings (SSSR count). The molecule has 1 aromatic heterocycles. The second-order valence-corrected chi connectivity index (χ2v) is 6.19. The van der Waals surface area contributed by atoms with Gasteiger partial charge >= 0.3 is 0 Å². The SMILES string of the molecule is CSC(C#N)(SC)c1c[nH]c2ccc(C)cc12. The summed E-state index contributed by atoms with van der Waals surface area (Å²) in [6, 6.07) is 8.72. The molecule has 0 aliphatic heterocycles. The fourth-order valence-electron chi connectivity index (χ4n) is 1.96. The Bertz CT molecular complexity index is 577. The van der Waals surface area contributed by atoms with E-state index in [2.05, 4.69) is 36.2 Å². The van der Waals surface area contributed by atoms with Gasteiger partial charge < -0.3 is 4.98 Å². The summed E-state index contributed by atoms with van der Waals surface area (Å²) in [4.78, 5) is 3.25. The number of aryl methyl sites for hydroxylation is 1. The Kier molecular flexibility index (Phi) is 3.41. The molecule has 0 amide bonds. The number of aromatic amines is 1. The Morgan fingerprint density at radius 3 is 2.59 bits per heavy atom. The highest BCUT2D eigenvalue weighted by molar-refractivity contribution is 8.17. The number of hydrogen-bond acceptors (Lipinski definition) is 3. The molecule has 0 atom stereocenters. The fraction of sp³-hybridized carbons (Fsp3) is 0.308. The molecule has 0 saturated carbocycles. The van der Waals surface area contributed by atoms with Crippen molar-refractivity contribution in [1.82, 2.24) is 4.98 Å². The zero-order valence-electron chi connectivity index (χ0n) is 10.1. The third-order valence-corrected chi connectivity index (χ3v) is 5.69. The minimum absolute atomic E-state index is 0.522. The molecule has 0 saturated heterocycles. The van der Waals surface area contributed by atoms with Crippen LogP contribution >= 0.6 is 23.5 Å². The molecule has 1 N–H and O–H groups in total. The van der Waals surface area contributed by atoms with Gasteiger partial charge in [-0.05, 0) is 31.6 Å². The number of aromatic nitrogens is 1. The van der Waals surface area contributed by atoms with Crippen LogP contribution in [0.3, 0.4) is 0 Å². The molecule has 0 spiro atoms. The molecule has 0 aliphatic carbocycles. The number of hydrogen-bond donors (Lipinski definition) is 1. The molecule has 0 radical (unpaired) electrons. The van der Waals surface area contributed by atoms with Crippen molar-refractivity contribution in [2.45, 2.75) is 11.0 Å². The predicted molar refractivity (Wildman–Crippen MR) is 77.4 cm³/mol. The smallest absolute Gasteiger partial charge is 0.175 e. The second kappa shape index (κ2) is 4.67. The van der Waals surface area contributed by atoms with Crippen molar-refractivity contribution in [3.05, 3.63) is 35.5 Å². The van der Waals surface area contributed by atoms with Crippen LogP contribution in [0.15, 0.2) is 24.4 Å². The first-order chi connectivity index (χ1) is 8.16. The minimum Gasteiger partial charge on any atom is -0.361 e. The number of nitriles is 1. The molecule has 4 heteroatoms. The van der Waals surface area contributed by atoms with Crippen LogP contribution < -0.4 is 0 Å². The molecule has 0 bridgehead atoms. The van der Waals surface area contributed by atoms with Gasteiger partial charge in [-0.3, -0.25) is 0 Å². The topological polar surface area (TPSA) is 39.6 Å². The van der Waals surface area contributed by atoms with Gasteiger partial charge in [0.05, 0.1) is 6.07 Å². The van der Waals surface area contributed by atoms with Crippen LogP contribution in [-0.4, -0.2) is 17.5 Å². The lowest BCUT2D eigenvalue weighted by Gasteiger charge is -2.21. The van der Waals surface area contributed by atoms with Crippen molar-refractivity contribution in [2.75, 3.05) is 12.5 Å². The molecule has 88 valence electrons. The number of benzene rings is 1. The van der Waals surface area contributed by atoms with Crippen LogP contribution in [0.1, 0.15) is 11.1 Å². The lowest BCUT2D eigenvalue weighted by molar-refractivity contribution is 1.16. The van der Waals surface area contributed by atoms with Crippen LogP contribution in [0, 0.1) is 18.3 Å². The van der Waals surface area contributed by atoms with Crippen molar-refractivity contribution in [1.29, 1.82) is 5.26 Å². The Hall–Kier alpha value is -1.05. The number of fused-ring (bicyclic) bond motifs is 1. The van der Waals surface area contributed by atoms with Crippen molar-refractivity contribution in [3.63, 3.8) is 0 Å². The zero-order valence-corrected chi connectivity index (χ0v) is 11.7.